The second-order valence-electron chi connectivity index (χ2n) is 14.6. The summed E-state index contributed by atoms with van der Waals surface area (Å²) in [4.78, 5) is 10.4. The first kappa shape index (κ1) is 32.8. The van der Waals surface area contributed by atoms with Gasteiger partial charge in [-0.15, -0.1) is 0 Å². The highest BCUT2D eigenvalue weighted by molar-refractivity contribution is 6.16. The Morgan fingerprint density at radius 2 is 0.947 bits per heavy atom. The molecule has 0 saturated heterocycles. The van der Waals surface area contributed by atoms with Crippen LogP contribution in [0.1, 0.15) is 22.9 Å². The molecule has 10 aromatic rings. The Balaban J connectivity index is 0.970. The van der Waals surface area contributed by atoms with E-state index in [0.717, 1.165) is 77.8 Å². The van der Waals surface area contributed by atoms with Crippen LogP contribution in [0, 0.1) is 0 Å². The van der Waals surface area contributed by atoms with Gasteiger partial charge in [0.1, 0.15) is 22.8 Å². The summed E-state index contributed by atoms with van der Waals surface area (Å²) in [6.45, 7) is 0. The van der Waals surface area contributed by atoms with Crippen LogP contribution in [0.2, 0.25) is 0 Å². The van der Waals surface area contributed by atoms with E-state index in [0.29, 0.717) is 0 Å². The second-order valence-corrected chi connectivity index (χ2v) is 14.6. The van der Waals surface area contributed by atoms with Gasteiger partial charge in [0, 0.05) is 21.9 Å². The molecule has 0 spiro atoms. The maximum absolute atomic E-state index is 6.43. The lowest BCUT2D eigenvalue weighted by Crippen LogP contribution is -2.36. The minimum Gasteiger partial charge on any atom is -0.456 e. The Morgan fingerprint density at radius 1 is 0.368 bits per heavy atom. The Hall–Kier alpha value is -7.56. The van der Waals surface area contributed by atoms with Crippen LogP contribution in [0.5, 0.6) is 0 Å². The number of benzene rings is 9. The van der Waals surface area contributed by atoms with Gasteiger partial charge in [-0.2, -0.15) is 0 Å². The minimum absolute atomic E-state index is 0.413. The molecule has 1 aromatic heterocycles. The molecule has 0 amide bonds. The molecule has 0 saturated carbocycles. The summed E-state index contributed by atoms with van der Waals surface area (Å²) >= 11 is 0. The molecule has 1 aliphatic heterocycles. The predicted molar refractivity (Wildman–Crippen MR) is 237 cm³/mol. The van der Waals surface area contributed by atoms with Gasteiger partial charge in [0.2, 0.25) is 0 Å². The fourth-order valence-electron chi connectivity index (χ4n) is 8.17. The summed E-state index contributed by atoms with van der Waals surface area (Å²) in [5.74, 6) is 1.60. The smallest absolute Gasteiger partial charge is 0.169 e. The molecule has 1 atom stereocenters. The summed E-state index contributed by atoms with van der Waals surface area (Å²) in [5, 5.41) is 10.6. The van der Waals surface area contributed by atoms with Crippen molar-refractivity contribution in [2.75, 3.05) is 0 Å². The number of amidine groups is 2. The molecule has 0 fully saturated rings. The summed E-state index contributed by atoms with van der Waals surface area (Å²) in [5.41, 5.74) is 11.8. The molecule has 11 rings (SSSR count). The van der Waals surface area contributed by atoms with Crippen molar-refractivity contribution in [2.24, 2.45) is 9.98 Å². The number of hydrogen-bond acceptors (Lipinski definition) is 4. The van der Waals surface area contributed by atoms with Crippen LogP contribution in [0.4, 0.5) is 0 Å². The van der Waals surface area contributed by atoms with Crippen LogP contribution in [-0.2, 0) is 0 Å². The number of aliphatic imine (C=N–C) groups is 2. The first-order valence-corrected chi connectivity index (χ1v) is 19.3. The molecule has 57 heavy (non-hydrogen) atoms. The van der Waals surface area contributed by atoms with E-state index < -0.39 is 6.17 Å². The lowest BCUT2D eigenvalue weighted by Gasteiger charge is -2.23. The molecule has 2 heterocycles. The zero-order chi connectivity index (χ0) is 37.7. The van der Waals surface area contributed by atoms with Gasteiger partial charge in [-0.3, -0.25) is 0 Å². The van der Waals surface area contributed by atoms with Crippen LogP contribution in [0.15, 0.2) is 215 Å². The van der Waals surface area contributed by atoms with Gasteiger partial charge in [0.15, 0.2) is 6.17 Å². The van der Waals surface area contributed by atoms with Gasteiger partial charge < -0.3 is 9.73 Å². The Morgan fingerprint density at radius 3 is 1.81 bits per heavy atom. The van der Waals surface area contributed by atoms with Crippen LogP contribution >= 0.6 is 0 Å². The number of nitrogens with one attached hydrogen (secondary N) is 1. The maximum Gasteiger partial charge on any atom is 0.169 e. The van der Waals surface area contributed by atoms with Crippen molar-refractivity contribution in [3.8, 4) is 33.4 Å². The average molecular weight is 730 g/mol. The zero-order valence-corrected chi connectivity index (χ0v) is 30.9. The summed E-state index contributed by atoms with van der Waals surface area (Å²) in [6.07, 6.45) is -0.413. The van der Waals surface area contributed by atoms with Crippen molar-refractivity contribution in [3.63, 3.8) is 0 Å². The fourth-order valence-corrected chi connectivity index (χ4v) is 8.17. The SMILES string of the molecule is c1ccc(C2=NC(c3ccc4cc(-c5cccc6oc7ccc(-c8ccc9ccccc9c8)cc7c56)ccc4c3)N=C(c3cccc(-c4ccccc4)c3)N2)cc1. The van der Waals surface area contributed by atoms with Crippen molar-refractivity contribution < 1.29 is 4.42 Å². The van der Waals surface area contributed by atoms with Crippen molar-refractivity contribution in [2.45, 2.75) is 6.17 Å². The van der Waals surface area contributed by atoms with Gasteiger partial charge in [-0.25, -0.2) is 9.98 Å². The Bertz CT molecular complexity index is 3210. The topological polar surface area (TPSA) is 49.9 Å². The van der Waals surface area contributed by atoms with Crippen LogP contribution in [0.25, 0.3) is 76.9 Å². The molecular weight excluding hydrogens is 695 g/mol. The van der Waals surface area contributed by atoms with Crippen LogP contribution < -0.4 is 5.32 Å². The van der Waals surface area contributed by atoms with Gasteiger partial charge in [-0.05, 0) is 103 Å². The molecule has 0 bridgehead atoms. The molecule has 0 aliphatic carbocycles. The maximum atomic E-state index is 6.43. The second kappa shape index (κ2) is 13.6. The van der Waals surface area contributed by atoms with E-state index >= 15 is 0 Å². The van der Waals surface area contributed by atoms with Crippen LogP contribution in [0.3, 0.4) is 0 Å². The molecule has 0 radical (unpaired) electrons. The Labute approximate surface area is 330 Å². The molecule has 1 unspecified atom stereocenters. The summed E-state index contributed by atoms with van der Waals surface area (Å²) < 4.78 is 6.43. The van der Waals surface area contributed by atoms with E-state index in [1.807, 2.05) is 24.3 Å². The van der Waals surface area contributed by atoms with Gasteiger partial charge >= 0.3 is 0 Å². The third-order valence-corrected chi connectivity index (χ3v) is 11.1. The lowest BCUT2D eigenvalue weighted by molar-refractivity contribution is 0.669. The highest BCUT2D eigenvalue weighted by atomic mass is 16.3. The molecular formula is C53H35N3O. The third kappa shape index (κ3) is 6.05. The molecule has 9 aromatic carbocycles. The molecule has 4 heteroatoms. The number of hydrogen-bond donors (Lipinski definition) is 1. The van der Waals surface area contributed by atoms with E-state index in [-0.39, 0.29) is 0 Å². The van der Waals surface area contributed by atoms with Crippen molar-refractivity contribution in [1.82, 2.24) is 5.32 Å². The number of furan rings is 1. The first-order chi connectivity index (χ1) is 28.2. The minimum atomic E-state index is -0.413. The lowest BCUT2D eigenvalue weighted by atomic mass is 9.95. The van der Waals surface area contributed by atoms with Gasteiger partial charge in [0.25, 0.3) is 0 Å². The largest absolute Gasteiger partial charge is 0.456 e. The van der Waals surface area contributed by atoms with Crippen molar-refractivity contribution in [1.29, 1.82) is 0 Å². The quantitative estimate of drug-likeness (QED) is 0.185. The monoisotopic (exact) mass is 729 g/mol. The van der Waals surface area contributed by atoms with Crippen molar-refractivity contribution >= 4 is 55.2 Å². The fraction of sp³-hybridized carbons (Fsp3) is 0.0189. The highest BCUT2D eigenvalue weighted by Crippen LogP contribution is 2.40. The molecule has 1 aliphatic rings. The number of fused-ring (bicyclic) bond motifs is 5. The van der Waals surface area contributed by atoms with E-state index in [9.17, 15) is 0 Å². The molecule has 1 N–H and O–H groups in total. The number of rotatable bonds is 6. The third-order valence-electron chi connectivity index (χ3n) is 11.1. The van der Waals surface area contributed by atoms with E-state index in [1.54, 1.807) is 0 Å². The van der Waals surface area contributed by atoms with Crippen molar-refractivity contribution in [3.05, 3.63) is 217 Å². The highest BCUT2D eigenvalue weighted by Gasteiger charge is 2.22. The summed E-state index contributed by atoms with van der Waals surface area (Å²) in [6, 6.07) is 70.7. The standard InChI is InChI=1S/C53H35N3O/c1-3-11-34(12-4-1)38-17-9-18-44(31-38)52-54-51(36-14-5-2-6-15-36)55-53(56-52)45-26-24-40-30-43(25-23-41(40)32-45)46-19-10-20-49-50(46)47-33-42(27-28-48(47)57-49)39-22-21-35-13-7-8-16-37(35)29-39/h1-33,53H,(H,54,55,56). The van der Waals surface area contributed by atoms with E-state index in [1.165, 1.54) is 27.5 Å². The van der Waals surface area contributed by atoms with Gasteiger partial charge in [0.05, 0.1) is 0 Å². The molecule has 4 nitrogen and oxygen atoms in total. The zero-order valence-electron chi connectivity index (χ0n) is 30.9. The first-order valence-electron chi connectivity index (χ1n) is 19.3. The normalized spacial score (nSPS) is 14.1. The molecule has 268 valence electrons. The van der Waals surface area contributed by atoms with Gasteiger partial charge in [-0.1, -0.05) is 158 Å². The Kier molecular flexibility index (Phi) is 7.85. The average Bonchev–Trinajstić information content (AvgIpc) is 3.67. The summed E-state index contributed by atoms with van der Waals surface area (Å²) in [7, 11) is 0. The van der Waals surface area contributed by atoms with Crippen LogP contribution in [-0.4, -0.2) is 11.7 Å². The van der Waals surface area contributed by atoms with E-state index in [4.69, 9.17) is 14.4 Å². The van der Waals surface area contributed by atoms with E-state index in [2.05, 4.69) is 181 Å². The predicted octanol–water partition coefficient (Wildman–Crippen LogP) is 13.4. The number of nitrogens with zero attached hydrogens (tertiary/aromatic N) is 2.